The number of carbonyl (C=O) groups excluding carboxylic acids is 1. The summed E-state index contributed by atoms with van der Waals surface area (Å²) >= 11 is 1.10. The zero-order valence-corrected chi connectivity index (χ0v) is 21.5. The number of amides is 1. The van der Waals surface area contributed by atoms with Crippen molar-refractivity contribution >= 4 is 28.9 Å². The highest BCUT2D eigenvalue weighted by Gasteiger charge is 2.31. The zero-order valence-electron chi connectivity index (χ0n) is 20.7. The van der Waals surface area contributed by atoms with Crippen molar-refractivity contribution < 1.29 is 19.4 Å². The lowest BCUT2D eigenvalue weighted by Gasteiger charge is -2.31. The summed E-state index contributed by atoms with van der Waals surface area (Å²) in [7, 11) is 0. The number of carboxylic acid groups (broad SMARTS) is 1. The minimum Gasteiger partial charge on any atom is -0.477 e. The van der Waals surface area contributed by atoms with Crippen LogP contribution in [-0.2, 0) is 4.79 Å². The Morgan fingerprint density at radius 1 is 1.26 bits per heavy atom. The SMILES string of the molecule is CC1CCC(C(=O)N(CCCOc2ccc(=O)[nH]n2)c2cc(C#CC(C)(C)C)sc2C(=O)O)CC1. The Hall–Kier alpha value is -3.12. The lowest BCUT2D eigenvalue weighted by molar-refractivity contribution is -0.123. The summed E-state index contributed by atoms with van der Waals surface area (Å²) in [6.45, 7) is 8.73. The van der Waals surface area contributed by atoms with E-state index < -0.39 is 5.97 Å². The van der Waals surface area contributed by atoms with E-state index >= 15 is 0 Å². The van der Waals surface area contributed by atoms with Crippen LogP contribution in [0.5, 0.6) is 5.88 Å². The fourth-order valence-corrected chi connectivity index (χ4v) is 4.79. The first-order chi connectivity index (χ1) is 16.5. The van der Waals surface area contributed by atoms with Crippen molar-refractivity contribution in [3.8, 4) is 17.7 Å². The van der Waals surface area contributed by atoms with Crippen molar-refractivity contribution in [3.05, 3.63) is 38.3 Å². The molecule has 1 saturated carbocycles. The number of H-pyrrole nitrogens is 1. The van der Waals surface area contributed by atoms with E-state index in [1.807, 2.05) is 20.8 Å². The van der Waals surface area contributed by atoms with Crippen molar-refractivity contribution in [2.24, 2.45) is 17.3 Å². The summed E-state index contributed by atoms with van der Waals surface area (Å²) in [5.41, 5.74) is -0.152. The minimum absolute atomic E-state index is 0.0466. The number of carbonyl (C=O) groups is 2. The number of thiophene rings is 1. The molecule has 8 nitrogen and oxygen atoms in total. The normalized spacial score (nSPS) is 17.8. The molecule has 0 aromatic carbocycles. The highest BCUT2D eigenvalue weighted by Crippen LogP contribution is 2.35. The number of anilines is 1. The number of aromatic nitrogens is 2. The molecule has 2 N–H and O–H groups in total. The van der Waals surface area contributed by atoms with Crippen molar-refractivity contribution in [2.45, 2.75) is 59.8 Å². The molecule has 0 radical (unpaired) electrons. The van der Waals surface area contributed by atoms with Gasteiger partial charge in [-0.05, 0) is 64.9 Å². The van der Waals surface area contributed by atoms with Crippen LogP contribution < -0.4 is 15.2 Å². The number of aromatic amines is 1. The number of aromatic carboxylic acids is 1. The van der Waals surface area contributed by atoms with Gasteiger partial charge in [0.05, 0.1) is 17.2 Å². The monoisotopic (exact) mass is 499 g/mol. The number of hydrogen-bond donors (Lipinski definition) is 2. The van der Waals surface area contributed by atoms with Crippen LogP contribution in [0.4, 0.5) is 5.69 Å². The molecule has 0 aliphatic heterocycles. The Kier molecular flexibility index (Phi) is 8.73. The van der Waals surface area contributed by atoms with E-state index in [9.17, 15) is 19.5 Å². The second-order valence-corrected chi connectivity index (χ2v) is 11.1. The van der Waals surface area contributed by atoms with Crippen molar-refractivity contribution in [3.63, 3.8) is 0 Å². The molecule has 1 fully saturated rings. The molecule has 9 heteroatoms. The Balaban J connectivity index is 1.83. The molecule has 35 heavy (non-hydrogen) atoms. The van der Waals surface area contributed by atoms with Gasteiger partial charge in [-0.1, -0.05) is 18.8 Å². The van der Waals surface area contributed by atoms with E-state index in [0.29, 0.717) is 29.4 Å². The maximum Gasteiger partial charge on any atom is 0.348 e. The highest BCUT2D eigenvalue weighted by atomic mass is 32.1. The van der Waals surface area contributed by atoms with E-state index in [1.54, 1.807) is 11.0 Å². The third-order valence-electron chi connectivity index (χ3n) is 5.82. The number of rotatable bonds is 8. The highest BCUT2D eigenvalue weighted by molar-refractivity contribution is 7.15. The van der Waals surface area contributed by atoms with Gasteiger partial charge < -0.3 is 14.7 Å². The third-order valence-corrected chi connectivity index (χ3v) is 6.85. The first-order valence-electron chi connectivity index (χ1n) is 11.9. The lowest BCUT2D eigenvalue weighted by atomic mass is 9.82. The van der Waals surface area contributed by atoms with Crippen LogP contribution in [0.15, 0.2) is 23.0 Å². The second-order valence-electron chi connectivity index (χ2n) is 10.0. The lowest BCUT2D eigenvalue weighted by Crippen LogP contribution is -2.39. The minimum atomic E-state index is -1.07. The van der Waals surface area contributed by atoms with Crippen LogP contribution in [-0.4, -0.2) is 40.3 Å². The number of nitrogens with one attached hydrogen (secondary N) is 1. The summed E-state index contributed by atoms with van der Waals surface area (Å²) in [4.78, 5) is 39.2. The zero-order chi connectivity index (χ0) is 25.6. The largest absolute Gasteiger partial charge is 0.477 e. The Morgan fingerprint density at radius 2 is 1.97 bits per heavy atom. The molecule has 0 atom stereocenters. The summed E-state index contributed by atoms with van der Waals surface area (Å²) < 4.78 is 5.59. The average molecular weight is 500 g/mol. The summed E-state index contributed by atoms with van der Waals surface area (Å²) in [6.07, 6.45) is 4.05. The van der Waals surface area contributed by atoms with E-state index in [1.165, 1.54) is 12.1 Å². The smallest absolute Gasteiger partial charge is 0.348 e. The van der Waals surface area contributed by atoms with Gasteiger partial charge in [0.2, 0.25) is 11.8 Å². The molecule has 2 aromatic heterocycles. The van der Waals surface area contributed by atoms with Crippen LogP contribution in [0.1, 0.15) is 74.3 Å². The summed E-state index contributed by atoms with van der Waals surface area (Å²) in [6, 6.07) is 4.53. The van der Waals surface area contributed by atoms with Gasteiger partial charge in [0.15, 0.2) is 0 Å². The van der Waals surface area contributed by atoms with Crippen molar-refractivity contribution in [2.75, 3.05) is 18.1 Å². The molecule has 1 aliphatic rings. The molecule has 1 aliphatic carbocycles. The van der Waals surface area contributed by atoms with Crippen molar-refractivity contribution in [1.82, 2.24) is 10.2 Å². The molecule has 1 amide bonds. The molecular formula is C26H33N3O5S. The van der Waals surface area contributed by atoms with Crippen LogP contribution >= 0.6 is 11.3 Å². The Morgan fingerprint density at radius 3 is 2.57 bits per heavy atom. The van der Waals surface area contributed by atoms with Gasteiger partial charge in [0.1, 0.15) is 4.88 Å². The molecule has 0 bridgehead atoms. The van der Waals surface area contributed by atoms with Crippen molar-refractivity contribution in [1.29, 1.82) is 0 Å². The summed E-state index contributed by atoms with van der Waals surface area (Å²) in [5.74, 6) is 5.85. The first-order valence-corrected chi connectivity index (χ1v) is 12.8. The topological polar surface area (TPSA) is 113 Å². The number of ether oxygens (including phenoxy) is 1. The predicted molar refractivity (Wildman–Crippen MR) is 136 cm³/mol. The van der Waals surface area contributed by atoms with E-state index in [2.05, 4.69) is 29.0 Å². The number of carboxylic acids is 1. The van der Waals surface area contributed by atoms with Gasteiger partial charge in [0.25, 0.3) is 5.56 Å². The number of nitrogens with zero attached hydrogens (tertiary/aromatic N) is 2. The van der Waals surface area contributed by atoms with E-state index in [4.69, 9.17) is 4.74 Å². The average Bonchev–Trinajstić information content (AvgIpc) is 3.23. The van der Waals surface area contributed by atoms with E-state index in [-0.39, 0.29) is 40.2 Å². The summed E-state index contributed by atoms with van der Waals surface area (Å²) in [5, 5.41) is 16.0. The van der Waals surface area contributed by atoms with Crippen LogP contribution in [0.25, 0.3) is 0 Å². The standard InChI is InChI=1S/C26H33N3O5S/c1-17-6-8-18(9-7-17)24(31)29(14-5-15-34-22-11-10-21(30)27-28-22)20-16-19(12-13-26(2,3)4)35-23(20)25(32)33/h10-11,16-18H,5-9,14-15H2,1-4H3,(H,27,30)(H,32,33). The molecule has 2 heterocycles. The quantitative estimate of drug-likeness (QED) is 0.407. The maximum atomic E-state index is 13.6. The third kappa shape index (κ3) is 7.69. The molecule has 188 valence electrons. The second kappa shape index (κ2) is 11.5. The van der Waals surface area contributed by atoms with Gasteiger partial charge in [-0.3, -0.25) is 9.59 Å². The first kappa shape index (κ1) is 26.5. The van der Waals surface area contributed by atoms with Crippen LogP contribution in [0, 0.1) is 29.1 Å². The maximum absolute atomic E-state index is 13.6. The Bertz CT molecular complexity index is 1140. The predicted octanol–water partition coefficient (Wildman–Crippen LogP) is 4.56. The van der Waals surface area contributed by atoms with Gasteiger partial charge in [-0.2, -0.15) is 0 Å². The van der Waals surface area contributed by atoms with Crippen LogP contribution in [0.3, 0.4) is 0 Å². The van der Waals surface area contributed by atoms with Gasteiger partial charge in [0, 0.05) is 30.0 Å². The molecule has 0 spiro atoms. The molecular weight excluding hydrogens is 466 g/mol. The van der Waals surface area contributed by atoms with Gasteiger partial charge >= 0.3 is 5.97 Å². The molecule has 3 rings (SSSR count). The van der Waals surface area contributed by atoms with E-state index in [0.717, 1.165) is 37.0 Å². The Labute approximate surface area is 209 Å². The number of hydrogen-bond acceptors (Lipinski definition) is 6. The fraction of sp³-hybridized carbons (Fsp3) is 0.538. The fourth-order valence-electron chi connectivity index (χ4n) is 3.93. The van der Waals surface area contributed by atoms with Crippen LogP contribution in [0.2, 0.25) is 0 Å². The van der Waals surface area contributed by atoms with Gasteiger partial charge in [-0.15, -0.1) is 16.4 Å². The molecule has 0 saturated heterocycles. The molecule has 0 unspecified atom stereocenters. The van der Waals surface area contributed by atoms with Gasteiger partial charge in [-0.25, -0.2) is 9.89 Å². The molecule has 2 aromatic rings.